The molecular weight excluding hydrogens is 480 g/mol. The maximum atomic E-state index is 12.7. The molecule has 0 saturated carbocycles. The van der Waals surface area contributed by atoms with Crippen LogP contribution in [0, 0.1) is 0 Å². The number of aromatic nitrogens is 2. The van der Waals surface area contributed by atoms with E-state index in [4.69, 9.17) is 38.3 Å². The molecule has 12 heteroatoms. The lowest BCUT2D eigenvalue weighted by Crippen LogP contribution is -2.22. The molecule has 1 aromatic heterocycles. The maximum absolute atomic E-state index is 12.7. The largest absolute Gasteiger partial charge is 0.379 e. The van der Waals surface area contributed by atoms with E-state index in [1.165, 1.54) is 0 Å². The minimum Gasteiger partial charge on any atom is -0.379 e. The summed E-state index contributed by atoms with van der Waals surface area (Å²) in [5.41, 5.74) is 18.1. The number of rotatable bonds is 12. The van der Waals surface area contributed by atoms with Gasteiger partial charge in [0, 0.05) is 29.1 Å². The Labute approximate surface area is 203 Å². The first kappa shape index (κ1) is 25.8. The van der Waals surface area contributed by atoms with Crippen molar-refractivity contribution in [2.75, 3.05) is 38.7 Å². The molecule has 1 heterocycles. The molecule has 0 aliphatic rings. The molecule has 0 fully saturated rings. The minimum atomic E-state index is -3.47. The van der Waals surface area contributed by atoms with E-state index in [1.807, 2.05) is 0 Å². The van der Waals surface area contributed by atoms with Crippen molar-refractivity contribution < 1.29 is 17.9 Å². The van der Waals surface area contributed by atoms with Crippen LogP contribution in [-0.2, 0) is 19.3 Å². The smallest absolute Gasteiger partial charge is 0.253 e. The van der Waals surface area contributed by atoms with Gasteiger partial charge in [0.25, 0.3) is 5.95 Å². The van der Waals surface area contributed by atoms with E-state index in [1.54, 1.807) is 42.5 Å². The van der Waals surface area contributed by atoms with Crippen molar-refractivity contribution in [2.24, 2.45) is 22.2 Å². The van der Waals surface area contributed by atoms with E-state index in [0.717, 1.165) is 0 Å². The van der Waals surface area contributed by atoms with E-state index in [2.05, 4.69) is 15.0 Å². The zero-order valence-electron chi connectivity index (χ0n) is 18.5. The maximum Gasteiger partial charge on any atom is 0.253 e. The molecule has 3 rings (SSSR count). The second kappa shape index (κ2) is 12.0. The minimum absolute atomic E-state index is 0.0311. The third-order valence-corrected chi connectivity index (χ3v) is 6.75. The molecule has 34 heavy (non-hydrogen) atoms. The predicted octanol–water partition coefficient (Wildman–Crippen LogP) is 2.01. The van der Waals surface area contributed by atoms with Crippen molar-refractivity contribution in [2.45, 2.75) is 11.3 Å². The summed E-state index contributed by atoms with van der Waals surface area (Å²) in [7, 11) is -3.47. The molecule has 0 atom stereocenters. The Morgan fingerprint density at radius 1 is 0.971 bits per heavy atom. The first-order valence-electron chi connectivity index (χ1n) is 10.6. The van der Waals surface area contributed by atoms with Gasteiger partial charge >= 0.3 is 0 Å². The SMILES string of the molecule is NCCOCCOCCCS(=O)(=O)c1ccc(-c2nc(N=C(N)N)nc3ccc(Cl)cc23)cc1. The molecular formula is C22H27ClN6O4S. The fraction of sp³-hybridized carbons (Fsp3) is 0.318. The van der Waals surface area contributed by atoms with Gasteiger partial charge in [0.2, 0.25) is 0 Å². The number of halogens is 1. The molecule has 0 saturated heterocycles. The standard InChI is InChI=1S/C22H27ClN6O4S/c23-16-4-7-19-18(14-16)20(28-22(27-19)29-21(25)26)15-2-5-17(6-3-15)34(30,31)13-1-9-32-11-12-33-10-8-24/h2-7,14H,1,8-13,24H2,(H4,25,26,27,28,29). The van der Waals surface area contributed by atoms with Gasteiger partial charge in [-0.25, -0.2) is 18.4 Å². The van der Waals surface area contributed by atoms with Gasteiger partial charge in [0.15, 0.2) is 15.8 Å². The number of ether oxygens (including phenoxy) is 2. The summed E-state index contributed by atoms with van der Waals surface area (Å²) < 4.78 is 36.0. The summed E-state index contributed by atoms with van der Waals surface area (Å²) in [6.07, 6.45) is 0.373. The molecule has 3 aromatic rings. The van der Waals surface area contributed by atoms with Crippen LogP contribution in [0.15, 0.2) is 52.4 Å². The number of hydrogen-bond acceptors (Lipinski definition) is 8. The van der Waals surface area contributed by atoms with E-state index < -0.39 is 9.84 Å². The van der Waals surface area contributed by atoms with Gasteiger partial charge in [-0.1, -0.05) is 23.7 Å². The van der Waals surface area contributed by atoms with Crippen LogP contribution in [-0.4, -0.2) is 63.1 Å². The molecule has 0 aliphatic carbocycles. The molecule has 2 aromatic carbocycles. The van der Waals surface area contributed by atoms with E-state index >= 15 is 0 Å². The van der Waals surface area contributed by atoms with E-state index in [9.17, 15) is 8.42 Å². The topological polar surface area (TPSA) is 169 Å². The number of benzene rings is 2. The highest BCUT2D eigenvalue weighted by Crippen LogP contribution is 2.30. The fourth-order valence-corrected chi connectivity index (χ4v) is 4.62. The van der Waals surface area contributed by atoms with Gasteiger partial charge < -0.3 is 26.7 Å². The summed E-state index contributed by atoms with van der Waals surface area (Å²) in [5, 5.41) is 1.20. The number of nitrogens with zero attached hydrogens (tertiary/aromatic N) is 3. The molecule has 0 unspecified atom stereocenters. The summed E-state index contributed by atoms with van der Waals surface area (Å²) in [6.45, 7) is 2.08. The number of aliphatic imine (C=N–C) groups is 1. The molecule has 0 radical (unpaired) electrons. The highest BCUT2D eigenvalue weighted by Gasteiger charge is 2.16. The van der Waals surface area contributed by atoms with Crippen LogP contribution < -0.4 is 17.2 Å². The Bertz CT molecular complexity index is 1250. The first-order chi connectivity index (χ1) is 16.3. The van der Waals surface area contributed by atoms with Crippen LogP contribution in [0.25, 0.3) is 22.2 Å². The third-order valence-electron chi connectivity index (χ3n) is 4.70. The molecule has 6 N–H and O–H groups in total. The Morgan fingerprint density at radius 3 is 2.35 bits per heavy atom. The third kappa shape index (κ3) is 7.08. The first-order valence-corrected chi connectivity index (χ1v) is 12.6. The average Bonchev–Trinajstić information content (AvgIpc) is 2.80. The average molecular weight is 507 g/mol. The molecule has 0 amide bonds. The second-order valence-electron chi connectivity index (χ2n) is 7.28. The molecule has 182 valence electrons. The number of fused-ring (bicyclic) bond motifs is 1. The van der Waals surface area contributed by atoms with Crippen LogP contribution in [0.3, 0.4) is 0 Å². The van der Waals surface area contributed by atoms with Crippen molar-refractivity contribution in [3.05, 3.63) is 47.5 Å². The molecule has 10 nitrogen and oxygen atoms in total. The number of hydrogen-bond donors (Lipinski definition) is 3. The molecule has 0 aliphatic heterocycles. The highest BCUT2D eigenvalue weighted by atomic mass is 35.5. The Balaban J connectivity index is 1.75. The summed E-state index contributed by atoms with van der Waals surface area (Å²) in [5.74, 6) is -0.112. The lowest BCUT2D eigenvalue weighted by Gasteiger charge is -2.09. The number of guanidine groups is 1. The van der Waals surface area contributed by atoms with Gasteiger partial charge in [-0.3, -0.25) is 0 Å². The van der Waals surface area contributed by atoms with Gasteiger partial charge in [-0.15, -0.1) is 0 Å². The van der Waals surface area contributed by atoms with Crippen molar-refractivity contribution >= 4 is 44.2 Å². The monoisotopic (exact) mass is 506 g/mol. The Hall–Kier alpha value is -2.83. The fourth-order valence-electron chi connectivity index (χ4n) is 3.17. The van der Waals surface area contributed by atoms with Crippen molar-refractivity contribution in [1.29, 1.82) is 0 Å². The highest BCUT2D eigenvalue weighted by molar-refractivity contribution is 7.91. The van der Waals surface area contributed by atoms with E-state index in [-0.39, 0.29) is 22.6 Å². The normalized spacial score (nSPS) is 11.6. The van der Waals surface area contributed by atoms with Crippen LogP contribution >= 0.6 is 11.6 Å². The van der Waals surface area contributed by atoms with Gasteiger partial charge in [-0.05, 0) is 36.8 Å². The van der Waals surface area contributed by atoms with Gasteiger partial charge in [0.05, 0.1) is 41.7 Å². The molecule has 0 bridgehead atoms. The van der Waals surface area contributed by atoms with Gasteiger partial charge in [-0.2, -0.15) is 4.99 Å². The zero-order valence-corrected chi connectivity index (χ0v) is 20.1. The number of nitrogens with two attached hydrogens (primary N) is 3. The van der Waals surface area contributed by atoms with Crippen molar-refractivity contribution in [3.8, 4) is 11.3 Å². The Kier molecular flexibility index (Phi) is 9.13. The summed E-state index contributed by atoms with van der Waals surface area (Å²) >= 11 is 6.17. The quantitative estimate of drug-likeness (QED) is 0.189. The summed E-state index contributed by atoms with van der Waals surface area (Å²) in [6, 6.07) is 11.6. The van der Waals surface area contributed by atoms with E-state index in [0.29, 0.717) is 66.6 Å². The summed E-state index contributed by atoms with van der Waals surface area (Å²) in [4.78, 5) is 12.9. The van der Waals surface area contributed by atoms with Crippen molar-refractivity contribution in [1.82, 2.24) is 9.97 Å². The van der Waals surface area contributed by atoms with Crippen LogP contribution in [0.2, 0.25) is 5.02 Å². The predicted molar refractivity (Wildman–Crippen MR) is 133 cm³/mol. The van der Waals surface area contributed by atoms with Crippen LogP contribution in [0.4, 0.5) is 5.95 Å². The zero-order chi connectivity index (χ0) is 24.6. The molecule has 0 spiro atoms. The lowest BCUT2D eigenvalue weighted by molar-refractivity contribution is 0.0512. The van der Waals surface area contributed by atoms with Gasteiger partial charge in [0.1, 0.15) is 0 Å². The lowest BCUT2D eigenvalue weighted by atomic mass is 10.1. The second-order valence-corrected chi connectivity index (χ2v) is 9.83. The number of sulfone groups is 1. The van der Waals surface area contributed by atoms with Crippen LogP contribution in [0.1, 0.15) is 6.42 Å². The Morgan fingerprint density at radius 2 is 1.68 bits per heavy atom. The van der Waals surface area contributed by atoms with Crippen LogP contribution in [0.5, 0.6) is 0 Å². The van der Waals surface area contributed by atoms with Crippen molar-refractivity contribution in [3.63, 3.8) is 0 Å².